The lowest BCUT2D eigenvalue weighted by Crippen LogP contribution is -2.30. The van der Waals surface area contributed by atoms with Gasteiger partial charge in [-0.05, 0) is 36.2 Å². The molecule has 0 atom stereocenters. The van der Waals surface area contributed by atoms with Crippen LogP contribution in [0.25, 0.3) is 0 Å². The summed E-state index contributed by atoms with van der Waals surface area (Å²) in [5, 5.41) is 5.59. The largest absolute Gasteiger partial charge is 0.493 e. The third-order valence-corrected chi connectivity index (χ3v) is 3.96. The first kappa shape index (κ1) is 19.3. The molecule has 0 unspecified atom stereocenters. The van der Waals surface area contributed by atoms with Crippen LogP contribution in [0.15, 0.2) is 42.5 Å². The van der Waals surface area contributed by atoms with E-state index in [1.165, 1.54) is 0 Å². The summed E-state index contributed by atoms with van der Waals surface area (Å²) in [7, 11) is 3.14. The van der Waals surface area contributed by atoms with E-state index in [2.05, 4.69) is 10.6 Å². The summed E-state index contributed by atoms with van der Waals surface area (Å²) in [6.45, 7) is 2.54. The monoisotopic (exact) mass is 356 g/mol. The molecule has 0 saturated carbocycles. The average molecular weight is 356 g/mol. The van der Waals surface area contributed by atoms with Crippen LogP contribution < -0.4 is 20.1 Å². The van der Waals surface area contributed by atoms with Crippen molar-refractivity contribution < 1.29 is 19.1 Å². The summed E-state index contributed by atoms with van der Waals surface area (Å²) in [5.41, 5.74) is 2.43. The van der Waals surface area contributed by atoms with Crippen LogP contribution in [-0.4, -0.2) is 32.6 Å². The van der Waals surface area contributed by atoms with E-state index in [0.29, 0.717) is 23.6 Å². The number of methoxy groups -OCH3 is 2. The highest BCUT2D eigenvalue weighted by Gasteiger charge is 2.09. The van der Waals surface area contributed by atoms with E-state index in [4.69, 9.17) is 9.47 Å². The minimum absolute atomic E-state index is 0.134. The first-order valence-electron chi connectivity index (χ1n) is 8.36. The topological polar surface area (TPSA) is 76.7 Å². The SMILES string of the molecule is COc1ccc(CNC(=O)CCNC(=O)c2ccccc2C)cc1OC. The summed E-state index contributed by atoms with van der Waals surface area (Å²) >= 11 is 0. The molecule has 26 heavy (non-hydrogen) atoms. The van der Waals surface area contributed by atoms with Crippen molar-refractivity contribution in [3.8, 4) is 11.5 Å². The second-order valence-electron chi connectivity index (χ2n) is 5.79. The second kappa shape index (κ2) is 9.46. The van der Waals surface area contributed by atoms with Crippen molar-refractivity contribution in [1.29, 1.82) is 0 Å². The molecule has 2 rings (SSSR count). The molecule has 0 radical (unpaired) electrons. The maximum absolute atomic E-state index is 12.1. The molecule has 2 aromatic carbocycles. The summed E-state index contributed by atoms with van der Waals surface area (Å²) in [6.07, 6.45) is 0.213. The first-order chi connectivity index (χ1) is 12.5. The number of nitrogens with one attached hydrogen (secondary N) is 2. The molecule has 0 spiro atoms. The van der Waals surface area contributed by atoms with Gasteiger partial charge in [-0.2, -0.15) is 0 Å². The van der Waals surface area contributed by atoms with E-state index in [-0.39, 0.29) is 24.8 Å². The number of aryl methyl sites for hydroxylation is 1. The lowest BCUT2D eigenvalue weighted by Gasteiger charge is -2.11. The van der Waals surface area contributed by atoms with E-state index < -0.39 is 0 Å². The fraction of sp³-hybridized carbons (Fsp3) is 0.300. The highest BCUT2D eigenvalue weighted by atomic mass is 16.5. The molecule has 0 saturated heterocycles. The summed E-state index contributed by atoms with van der Waals surface area (Å²) < 4.78 is 10.4. The molecule has 2 aromatic rings. The van der Waals surface area contributed by atoms with Crippen LogP contribution >= 0.6 is 0 Å². The smallest absolute Gasteiger partial charge is 0.251 e. The van der Waals surface area contributed by atoms with E-state index in [9.17, 15) is 9.59 Å². The van der Waals surface area contributed by atoms with Gasteiger partial charge >= 0.3 is 0 Å². The number of rotatable bonds is 8. The van der Waals surface area contributed by atoms with Gasteiger partial charge in [-0.1, -0.05) is 24.3 Å². The second-order valence-corrected chi connectivity index (χ2v) is 5.79. The Morgan fingerprint density at radius 2 is 1.69 bits per heavy atom. The number of carbonyl (C=O) groups is 2. The number of ether oxygens (including phenoxy) is 2. The van der Waals surface area contributed by atoms with E-state index in [0.717, 1.165) is 11.1 Å². The molecule has 0 aliphatic rings. The van der Waals surface area contributed by atoms with Crippen molar-refractivity contribution in [2.24, 2.45) is 0 Å². The molecule has 0 heterocycles. The van der Waals surface area contributed by atoms with Crippen LogP contribution in [-0.2, 0) is 11.3 Å². The van der Waals surface area contributed by atoms with Crippen molar-refractivity contribution in [2.45, 2.75) is 19.9 Å². The number of hydrogen-bond donors (Lipinski definition) is 2. The van der Waals surface area contributed by atoms with Gasteiger partial charge in [0.1, 0.15) is 0 Å². The Morgan fingerprint density at radius 3 is 2.38 bits per heavy atom. The predicted octanol–water partition coefficient (Wildman–Crippen LogP) is 2.45. The fourth-order valence-corrected chi connectivity index (χ4v) is 2.49. The molecular weight excluding hydrogens is 332 g/mol. The molecule has 6 nitrogen and oxygen atoms in total. The Balaban J connectivity index is 1.77. The number of hydrogen-bond acceptors (Lipinski definition) is 4. The average Bonchev–Trinajstić information content (AvgIpc) is 2.66. The molecule has 6 heteroatoms. The van der Waals surface area contributed by atoms with Crippen molar-refractivity contribution in [3.05, 3.63) is 59.2 Å². The molecule has 0 aromatic heterocycles. The van der Waals surface area contributed by atoms with Gasteiger partial charge in [-0.3, -0.25) is 9.59 Å². The highest BCUT2D eigenvalue weighted by molar-refractivity contribution is 5.95. The maximum Gasteiger partial charge on any atom is 0.251 e. The third kappa shape index (κ3) is 5.24. The Hall–Kier alpha value is -3.02. The quantitative estimate of drug-likeness (QED) is 0.762. The van der Waals surface area contributed by atoms with Gasteiger partial charge in [0.25, 0.3) is 5.91 Å². The van der Waals surface area contributed by atoms with Gasteiger partial charge < -0.3 is 20.1 Å². The number of amides is 2. The maximum atomic E-state index is 12.1. The molecular formula is C20H24N2O4. The van der Waals surface area contributed by atoms with Crippen LogP contribution in [0, 0.1) is 6.92 Å². The van der Waals surface area contributed by atoms with Gasteiger partial charge in [-0.25, -0.2) is 0 Å². The zero-order valence-corrected chi connectivity index (χ0v) is 15.3. The normalized spacial score (nSPS) is 10.1. The zero-order chi connectivity index (χ0) is 18.9. The van der Waals surface area contributed by atoms with Crippen molar-refractivity contribution >= 4 is 11.8 Å². The zero-order valence-electron chi connectivity index (χ0n) is 15.3. The molecule has 2 N–H and O–H groups in total. The van der Waals surface area contributed by atoms with E-state index in [1.54, 1.807) is 26.4 Å². The van der Waals surface area contributed by atoms with Gasteiger partial charge in [0.15, 0.2) is 11.5 Å². The fourth-order valence-electron chi connectivity index (χ4n) is 2.49. The molecule has 0 aliphatic heterocycles. The minimum Gasteiger partial charge on any atom is -0.493 e. The van der Waals surface area contributed by atoms with Gasteiger partial charge in [-0.15, -0.1) is 0 Å². The number of benzene rings is 2. The summed E-state index contributed by atoms with van der Waals surface area (Å²) in [6, 6.07) is 12.8. The standard InChI is InChI=1S/C20H24N2O4/c1-14-6-4-5-7-16(14)20(24)21-11-10-19(23)22-13-15-8-9-17(25-2)18(12-15)26-3/h4-9,12H,10-11,13H2,1-3H3,(H,21,24)(H,22,23). The lowest BCUT2D eigenvalue weighted by atomic mass is 10.1. The van der Waals surface area contributed by atoms with Gasteiger partial charge in [0, 0.05) is 25.1 Å². The highest BCUT2D eigenvalue weighted by Crippen LogP contribution is 2.27. The molecule has 138 valence electrons. The lowest BCUT2D eigenvalue weighted by molar-refractivity contribution is -0.121. The van der Waals surface area contributed by atoms with Crippen LogP contribution in [0.2, 0.25) is 0 Å². The van der Waals surface area contributed by atoms with E-state index >= 15 is 0 Å². The summed E-state index contributed by atoms with van der Waals surface area (Å²) in [4.78, 5) is 24.0. The van der Waals surface area contributed by atoms with Crippen molar-refractivity contribution in [2.75, 3.05) is 20.8 Å². The molecule has 0 bridgehead atoms. The van der Waals surface area contributed by atoms with Gasteiger partial charge in [0.05, 0.1) is 14.2 Å². The van der Waals surface area contributed by atoms with Crippen LogP contribution in [0.4, 0.5) is 0 Å². The molecule has 0 fully saturated rings. The Morgan fingerprint density at radius 1 is 0.962 bits per heavy atom. The van der Waals surface area contributed by atoms with Gasteiger partial charge in [0.2, 0.25) is 5.91 Å². The van der Waals surface area contributed by atoms with E-state index in [1.807, 2.05) is 37.3 Å². The van der Waals surface area contributed by atoms with Crippen LogP contribution in [0.5, 0.6) is 11.5 Å². The third-order valence-electron chi connectivity index (χ3n) is 3.96. The predicted molar refractivity (Wildman–Crippen MR) is 99.5 cm³/mol. The molecule has 0 aliphatic carbocycles. The van der Waals surface area contributed by atoms with Crippen molar-refractivity contribution in [3.63, 3.8) is 0 Å². The first-order valence-corrected chi connectivity index (χ1v) is 8.36. The van der Waals surface area contributed by atoms with Crippen molar-refractivity contribution in [1.82, 2.24) is 10.6 Å². The molecule has 2 amide bonds. The Kier molecular flexibility index (Phi) is 7.02. The van der Waals surface area contributed by atoms with Crippen LogP contribution in [0.1, 0.15) is 27.9 Å². The Bertz CT molecular complexity index is 774. The number of carbonyl (C=O) groups excluding carboxylic acids is 2. The van der Waals surface area contributed by atoms with Crippen LogP contribution in [0.3, 0.4) is 0 Å². The summed E-state index contributed by atoms with van der Waals surface area (Å²) in [5.74, 6) is 0.951. The Labute approximate surface area is 153 Å². The minimum atomic E-state index is -0.171.